The van der Waals surface area contributed by atoms with Gasteiger partial charge in [-0.05, 0) is 18.2 Å². The Kier molecular flexibility index (Phi) is 4.42. The maximum Gasteiger partial charge on any atom is 0.325 e. The number of nitrogens with one attached hydrogen (secondary N) is 2. The van der Waals surface area contributed by atoms with E-state index >= 15 is 0 Å². The number of hydrogen-bond acceptors (Lipinski definition) is 6. The summed E-state index contributed by atoms with van der Waals surface area (Å²) >= 11 is 0. The fourth-order valence-corrected chi connectivity index (χ4v) is 1.32. The number of benzene rings is 1. The predicted octanol–water partition coefficient (Wildman–Crippen LogP) is 0.934. The van der Waals surface area contributed by atoms with Gasteiger partial charge in [0.25, 0.3) is 0 Å². The highest BCUT2D eigenvalue weighted by Crippen LogP contribution is 2.22. The van der Waals surface area contributed by atoms with Crippen molar-refractivity contribution >= 4 is 23.2 Å². The Hall–Kier alpha value is -2.37. The third kappa shape index (κ3) is 3.31. The van der Waals surface area contributed by atoms with Crippen LogP contribution < -0.4 is 5.32 Å². The van der Waals surface area contributed by atoms with Gasteiger partial charge in [0.15, 0.2) is 5.78 Å². The monoisotopic (exact) mass is 250 g/mol. The number of esters is 1. The number of hydrogen-bond donors (Lipinski definition) is 3. The highest BCUT2D eigenvalue weighted by Gasteiger charge is 2.13. The average molecular weight is 250 g/mol. The van der Waals surface area contributed by atoms with Crippen LogP contribution in [0.4, 0.5) is 5.69 Å². The van der Waals surface area contributed by atoms with Gasteiger partial charge in [-0.2, -0.15) is 0 Å². The van der Waals surface area contributed by atoms with Crippen LogP contribution in [-0.4, -0.2) is 36.2 Å². The molecule has 0 saturated heterocycles. The van der Waals surface area contributed by atoms with E-state index in [2.05, 4.69) is 10.1 Å². The molecule has 0 aliphatic heterocycles. The molecule has 0 radical (unpaired) electrons. The Labute approximate surface area is 104 Å². The molecular formula is C12H14N2O4. The molecule has 0 atom stereocenters. The van der Waals surface area contributed by atoms with E-state index in [4.69, 9.17) is 5.41 Å². The summed E-state index contributed by atoms with van der Waals surface area (Å²) in [5.41, 5.74) is 0.420. The zero-order chi connectivity index (χ0) is 13.7. The van der Waals surface area contributed by atoms with E-state index in [1.54, 1.807) is 0 Å². The van der Waals surface area contributed by atoms with Gasteiger partial charge in [-0.1, -0.05) is 0 Å². The summed E-state index contributed by atoms with van der Waals surface area (Å²) in [5, 5.41) is 19.7. The minimum Gasteiger partial charge on any atom is -0.508 e. The molecule has 0 bridgehead atoms. The average Bonchev–Trinajstić information content (AvgIpc) is 2.35. The second-order valence-corrected chi connectivity index (χ2v) is 3.59. The van der Waals surface area contributed by atoms with E-state index in [0.717, 1.165) is 0 Å². The van der Waals surface area contributed by atoms with E-state index in [1.807, 2.05) is 0 Å². The summed E-state index contributed by atoms with van der Waals surface area (Å²) < 4.78 is 4.47. The predicted molar refractivity (Wildman–Crippen MR) is 66.1 cm³/mol. The number of phenols is 1. The van der Waals surface area contributed by atoms with Gasteiger partial charge in [-0.15, -0.1) is 0 Å². The lowest BCUT2D eigenvalue weighted by Gasteiger charge is -2.11. The highest BCUT2D eigenvalue weighted by atomic mass is 16.5. The van der Waals surface area contributed by atoms with Gasteiger partial charge < -0.3 is 15.2 Å². The van der Waals surface area contributed by atoms with Crippen molar-refractivity contribution in [2.75, 3.05) is 19.0 Å². The molecule has 3 N–H and O–H groups in total. The van der Waals surface area contributed by atoms with E-state index in [1.165, 1.54) is 32.2 Å². The van der Waals surface area contributed by atoms with Gasteiger partial charge >= 0.3 is 5.97 Å². The van der Waals surface area contributed by atoms with E-state index < -0.39 is 11.8 Å². The van der Waals surface area contributed by atoms with E-state index in [-0.39, 0.29) is 23.6 Å². The zero-order valence-corrected chi connectivity index (χ0v) is 10.1. The summed E-state index contributed by atoms with van der Waals surface area (Å²) in [6, 6.07) is 4.19. The Morgan fingerprint density at radius 3 is 2.67 bits per heavy atom. The van der Waals surface area contributed by atoms with Crippen LogP contribution in [0.5, 0.6) is 5.75 Å². The van der Waals surface area contributed by atoms with Crippen molar-refractivity contribution in [1.82, 2.24) is 0 Å². The number of methoxy groups -OCH3 is 1. The molecule has 0 heterocycles. The van der Waals surface area contributed by atoms with Gasteiger partial charge in [0, 0.05) is 18.2 Å². The first kappa shape index (κ1) is 13.7. The largest absolute Gasteiger partial charge is 0.508 e. The van der Waals surface area contributed by atoms with Crippen LogP contribution >= 0.6 is 0 Å². The van der Waals surface area contributed by atoms with Crippen LogP contribution in [0.15, 0.2) is 18.2 Å². The van der Waals surface area contributed by atoms with Crippen molar-refractivity contribution in [2.24, 2.45) is 0 Å². The quantitative estimate of drug-likeness (QED) is 0.410. The van der Waals surface area contributed by atoms with Crippen molar-refractivity contribution in [1.29, 1.82) is 5.41 Å². The standard InChI is InChI=1S/C12H14N2O4/c1-7(15)12(13)9-5-8(16)3-4-10(9)14-6-11(17)18-2/h3-5,13-14,16H,6H2,1-2H3. The number of carbonyl (C=O) groups is 2. The molecule has 6 nitrogen and oxygen atoms in total. The molecule has 0 unspecified atom stereocenters. The molecule has 18 heavy (non-hydrogen) atoms. The lowest BCUT2D eigenvalue weighted by Crippen LogP contribution is -2.18. The molecule has 1 aromatic carbocycles. The minimum atomic E-state index is -0.469. The lowest BCUT2D eigenvalue weighted by molar-refractivity contribution is -0.138. The fourth-order valence-electron chi connectivity index (χ4n) is 1.32. The van der Waals surface area contributed by atoms with Crippen molar-refractivity contribution in [3.63, 3.8) is 0 Å². The Morgan fingerprint density at radius 2 is 2.11 bits per heavy atom. The second-order valence-electron chi connectivity index (χ2n) is 3.59. The van der Waals surface area contributed by atoms with Gasteiger partial charge in [0.2, 0.25) is 0 Å². The van der Waals surface area contributed by atoms with Crippen LogP contribution in [-0.2, 0) is 14.3 Å². The number of ketones is 1. The van der Waals surface area contributed by atoms with Crippen LogP contribution in [0.25, 0.3) is 0 Å². The van der Waals surface area contributed by atoms with Crippen LogP contribution in [0.1, 0.15) is 12.5 Å². The van der Waals surface area contributed by atoms with Crippen molar-refractivity contribution < 1.29 is 19.4 Å². The van der Waals surface area contributed by atoms with Crippen molar-refractivity contribution in [3.8, 4) is 5.75 Å². The molecule has 0 aliphatic carbocycles. The van der Waals surface area contributed by atoms with Gasteiger partial charge in [0.1, 0.15) is 18.0 Å². The van der Waals surface area contributed by atoms with Crippen molar-refractivity contribution in [3.05, 3.63) is 23.8 Å². The summed E-state index contributed by atoms with van der Waals surface area (Å²) in [7, 11) is 1.26. The zero-order valence-electron chi connectivity index (χ0n) is 10.1. The van der Waals surface area contributed by atoms with Crippen LogP contribution in [0.3, 0.4) is 0 Å². The number of phenolic OH excluding ortho intramolecular Hbond substituents is 1. The SMILES string of the molecule is COC(=O)CNc1ccc(O)cc1C(=N)C(C)=O. The first-order valence-corrected chi connectivity index (χ1v) is 5.19. The van der Waals surface area contributed by atoms with E-state index in [9.17, 15) is 14.7 Å². The molecule has 1 aromatic rings. The number of carbonyl (C=O) groups excluding carboxylic acids is 2. The summed E-state index contributed by atoms with van der Waals surface area (Å²) in [6.07, 6.45) is 0. The number of ether oxygens (including phenoxy) is 1. The molecule has 0 amide bonds. The van der Waals surface area contributed by atoms with Gasteiger partial charge in [-0.3, -0.25) is 15.0 Å². The molecule has 0 aliphatic rings. The topological polar surface area (TPSA) is 99.5 Å². The van der Waals surface area contributed by atoms with Crippen molar-refractivity contribution in [2.45, 2.75) is 6.92 Å². The van der Waals surface area contributed by atoms with Gasteiger partial charge in [0.05, 0.1) is 7.11 Å². The molecule has 0 spiro atoms. The Balaban J connectivity index is 3.00. The smallest absolute Gasteiger partial charge is 0.325 e. The second kappa shape index (κ2) is 5.81. The minimum absolute atomic E-state index is 0.0559. The first-order valence-electron chi connectivity index (χ1n) is 5.19. The number of rotatable bonds is 5. The van der Waals surface area contributed by atoms with Crippen LogP contribution in [0, 0.1) is 5.41 Å². The molecule has 0 fully saturated rings. The Morgan fingerprint density at radius 1 is 1.44 bits per heavy atom. The summed E-state index contributed by atoms with van der Waals surface area (Å²) in [5.74, 6) is -0.954. The van der Waals surface area contributed by atoms with E-state index in [0.29, 0.717) is 5.69 Å². The normalized spacial score (nSPS) is 9.67. The summed E-state index contributed by atoms with van der Waals surface area (Å²) in [4.78, 5) is 22.2. The lowest BCUT2D eigenvalue weighted by atomic mass is 10.0. The van der Waals surface area contributed by atoms with Crippen LogP contribution in [0.2, 0.25) is 0 Å². The number of anilines is 1. The summed E-state index contributed by atoms with van der Waals surface area (Å²) in [6.45, 7) is 1.18. The third-order valence-corrected chi connectivity index (χ3v) is 2.28. The highest BCUT2D eigenvalue weighted by molar-refractivity contribution is 6.45. The maximum absolute atomic E-state index is 11.2. The molecule has 1 rings (SSSR count). The molecule has 6 heteroatoms. The Bertz CT molecular complexity index is 497. The third-order valence-electron chi connectivity index (χ3n) is 2.28. The molecule has 96 valence electrons. The number of aromatic hydroxyl groups is 1. The fraction of sp³-hybridized carbons (Fsp3) is 0.250. The first-order chi connectivity index (χ1) is 8.45. The molecule has 0 saturated carbocycles. The molecule has 0 aromatic heterocycles. The van der Waals surface area contributed by atoms with Gasteiger partial charge in [-0.25, -0.2) is 0 Å². The maximum atomic E-state index is 11.2. The molecular weight excluding hydrogens is 236 g/mol. The number of Topliss-reactive ketones (excluding diaryl/α,β-unsaturated/α-hetero) is 1.